The van der Waals surface area contributed by atoms with Crippen LogP contribution in [-0.4, -0.2) is 33.4 Å². The Morgan fingerprint density at radius 3 is 2.90 bits per heavy atom. The van der Waals surface area contributed by atoms with Crippen molar-refractivity contribution < 1.29 is 9.59 Å². The van der Waals surface area contributed by atoms with Gasteiger partial charge in [-0.15, -0.1) is 11.8 Å². The minimum Gasteiger partial charge on any atom is -0.324 e. The highest BCUT2D eigenvalue weighted by atomic mass is 32.2. The van der Waals surface area contributed by atoms with E-state index >= 15 is 0 Å². The molecule has 0 saturated carbocycles. The van der Waals surface area contributed by atoms with Crippen LogP contribution in [0.3, 0.4) is 0 Å². The number of carbonyl (C=O) groups excluding carboxylic acids is 2. The van der Waals surface area contributed by atoms with Crippen molar-refractivity contribution in [3.63, 3.8) is 0 Å². The maximum absolute atomic E-state index is 12.6. The van der Waals surface area contributed by atoms with Crippen molar-refractivity contribution in [1.29, 1.82) is 0 Å². The Kier molecular flexibility index (Phi) is 3.48. The zero-order valence-electron chi connectivity index (χ0n) is 12.6. The van der Waals surface area contributed by atoms with Gasteiger partial charge in [0.25, 0.3) is 0 Å². The van der Waals surface area contributed by atoms with Gasteiger partial charge in [-0.1, -0.05) is 17.7 Å². The average Bonchev–Trinajstić information content (AvgIpc) is 2.90. The van der Waals surface area contributed by atoms with E-state index in [2.05, 4.69) is 12.2 Å². The van der Waals surface area contributed by atoms with Crippen LogP contribution in [0, 0.1) is 13.8 Å². The summed E-state index contributed by atoms with van der Waals surface area (Å²) in [6.45, 7) is 6.07. The van der Waals surface area contributed by atoms with Crippen molar-refractivity contribution in [2.45, 2.75) is 44.5 Å². The van der Waals surface area contributed by atoms with Crippen molar-refractivity contribution in [3.8, 4) is 0 Å². The van der Waals surface area contributed by atoms with Crippen LogP contribution in [0.25, 0.3) is 0 Å². The van der Waals surface area contributed by atoms with Crippen LogP contribution in [-0.2, 0) is 9.59 Å². The van der Waals surface area contributed by atoms with Crippen LogP contribution in [0.1, 0.15) is 30.9 Å². The fraction of sp³-hybridized carbons (Fsp3) is 0.500. The molecule has 3 rings (SSSR count). The van der Waals surface area contributed by atoms with Gasteiger partial charge in [-0.2, -0.15) is 0 Å². The Hall–Kier alpha value is -1.49. The summed E-state index contributed by atoms with van der Waals surface area (Å²) in [5.41, 5.74) is 3.05. The number of anilines is 1. The molecule has 2 aliphatic heterocycles. The molecule has 1 aromatic rings. The first-order valence-corrected chi connectivity index (χ1v) is 8.23. The maximum Gasteiger partial charge on any atom is 0.248 e. The van der Waals surface area contributed by atoms with E-state index in [1.807, 2.05) is 32.0 Å². The lowest BCUT2D eigenvalue weighted by molar-refractivity contribution is -0.135. The molecule has 0 aliphatic carbocycles. The maximum atomic E-state index is 12.6. The Bertz CT molecular complexity index is 616. The number of amides is 2. The van der Waals surface area contributed by atoms with Gasteiger partial charge in [-0.3, -0.25) is 9.59 Å². The molecule has 2 atom stereocenters. The molecule has 2 fully saturated rings. The molecular formula is C16H20N2O2S. The van der Waals surface area contributed by atoms with Crippen molar-refractivity contribution in [1.82, 2.24) is 4.90 Å². The lowest BCUT2D eigenvalue weighted by atomic mass is 10.1. The third-order valence-corrected chi connectivity index (χ3v) is 5.89. The molecule has 21 heavy (non-hydrogen) atoms. The molecular weight excluding hydrogens is 284 g/mol. The van der Waals surface area contributed by atoms with Crippen molar-refractivity contribution >= 4 is 29.3 Å². The van der Waals surface area contributed by atoms with Crippen molar-refractivity contribution in [2.75, 3.05) is 11.1 Å². The second kappa shape index (κ2) is 5.05. The first-order valence-electron chi connectivity index (χ1n) is 7.25. The van der Waals surface area contributed by atoms with Crippen LogP contribution in [0.5, 0.6) is 0 Å². The average molecular weight is 304 g/mol. The third kappa shape index (κ3) is 2.44. The summed E-state index contributed by atoms with van der Waals surface area (Å²) in [5, 5.41) is 2.98. The predicted molar refractivity (Wildman–Crippen MR) is 85.3 cm³/mol. The number of nitrogens with zero attached hydrogens (tertiary/aromatic N) is 1. The third-order valence-electron chi connectivity index (χ3n) is 4.39. The van der Waals surface area contributed by atoms with Crippen molar-refractivity contribution in [3.05, 3.63) is 29.3 Å². The van der Waals surface area contributed by atoms with E-state index in [4.69, 9.17) is 0 Å². The van der Waals surface area contributed by atoms with Gasteiger partial charge in [-0.05, 0) is 38.8 Å². The topological polar surface area (TPSA) is 49.4 Å². The molecule has 2 heterocycles. The number of aryl methyl sites for hydroxylation is 2. The van der Waals surface area contributed by atoms with Gasteiger partial charge in [0.05, 0.1) is 4.87 Å². The molecule has 112 valence electrons. The summed E-state index contributed by atoms with van der Waals surface area (Å²) in [6.07, 6.45) is 1.39. The van der Waals surface area contributed by atoms with E-state index in [9.17, 15) is 9.59 Å². The van der Waals surface area contributed by atoms with Gasteiger partial charge in [0.1, 0.15) is 6.04 Å². The van der Waals surface area contributed by atoms with Crippen LogP contribution < -0.4 is 5.32 Å². The number of fused-ring (bicyclic) bond motifs is 1. The predicted octanol–water partition coefficient (Wildman–Crippen LogP) is 2.70. The first kappa shape index (κ1) is 14.4. The molecule has 0 bridgehead atoms. The number of benzene rings is 1. The molecule has 0 aromatic heterocycles. The second-order valence-electron chi connectivity index (χ2n) is 6.07. The smallest absolute Gasteiger partial charge is 0.248 e. The molecule has 0 spiro atoms. The van der Waals surface area contributed by atoms with E-state index in [0.717, 1.165) is 17.7 Å². The number of rotatable bonds is 2. The molecule has 2 amide bonds. The van der Waals surface area contributed by atoms with Crippen LogP contribution in [0.15, 0.2) is 18.2 Å². The molecule has 4 nitrogen and oxygen atoms in total. The van der Waals surface area contributed by atoms with Crippen LogP contribution in [0.4, 0.5) is 5.69 Å². The van der Waals surface area contributed by atoms with E-state index in [1.165, 1.54) is 5.56 Å². The summed E-state index contributed by atoms with van der Waals surface area (Å²) in [4.78, 5) is 26.2. The van der Waals surface area contributed by atoms with Crippen LogP contribution >= 0.6 is 11.8 Å². The highest BCUT2D eigenvalue weighted by molar-refractivity contribution is 8.01. The highest BCUT2D eigenvalue weighted by Gasteiger charge is 2.52. The summed E-state index contributed by atoms with van der Waals surface area (Å²) >= 11 is 1.72. The minimum absolute atomic E-state index is 0.0755. The van der Waals surface area contributed by atoms with E-state index in [-0.39, 0.29) is 22.7 Å². The molecule has 0 unspecified atom stereocenters. The number of carbonyl (C=O) groups is 2. The van der Waals surface area contributed by atoms with Gasteiger partial charge in [0, 0.05) is 17.9 Å². The quantitative estimate of drug-likeness (QED) is 0.914. The fourth-order valence-electron chi connectivity index (χ4n) is 3.18. The number of hydrogen-bond acceptors (Lipinski definition) is 3. The number of thioether (sulfide) groups is 1. The first-order chi connectivity index (χ1) is 9.90. The normalized spacial score (nSPS) is 27.9. The molecule has 5 heteroatoms. The second-order valence-corrected chi connectivity index (χ2v) is 7.57. The molecule has 2 aliphatic rings. The van der Waals surface area contributed by atoms with E-state index in [1.54, 1.807) is 16.7 Å². The number of nitrogens with one attached hydrogen (secondary N) is 1. The Morgan fingerprint density at radius 2 is 2.19 bits per heavy atom. The fourth-order valence-corrected chi connectivity index (χ4v) is 4.62. The molecule has 2 saturated heterocycles. The van der Waals surface area contributed by atoms with Gasteiger partial charge in [-0.25, -0.2) is 0 Å². The number of hydrogen-bond donors (Lipinski definition) is 1. The SMILES string of the molecule is Cc1ccc(NC(=O)[C@@H]2CS[C@]3(C)CCC(=O)N23)c(C)c1. The monoisotopic (exact) mass is 304 g/mol. The Morgan fingerprint density at radius 1 is 1.43 bits per heavy atom. The van der Waals surface area contributed by atoms with Gasteiger partial charge in [0.2, 0.25) is 11.8 Å². The Labute approximate surface area is 129 Å². The van der Waals surface area contributed by atoms with Gasteiger partial charge < -0.3 is 10.2 Å². The summed E-state index contributed by atoms with van der Waals surface area (Å²) < 4.78 is 0. The largest absolute Gasteiger partial charge is 0.324 e. The van der Waals surface area contributed by atoms with Gasteiger partial charge in [0.15, 0.2) is 0 Å². The van der Waals surface area contributed by atoms with E-state index in [0.29, 0.717) is 12.2 Å². The molecule has 0 radical (unpaired) electrons. The highest BCUT2D eigenvalue weighted by Crippen LogP contribution is 2.47. The summed E-state index contributed by atoms with van der Waals surface area (Å²) in [5.74, 6) is 0.704. The molecule has 1 N–H and O–H groups in total. The molecule has 1 aromatic carbocycles. The van der Waals surface area contributed by atoms with Crippen molar-refractivity contribution in [2.24, 2.45) is 0 Å². The van der Waals surface area contributed by atoms with Gasteiger partial charge >= 0.3 is 0 Å². The minimum atomic E-state index is -0.351. The Balaban J connectivity index is 1.78. The lowest BCUT2D eigenvalue weighted by Crippen LogP contribution is -2.48. The summed E-state index contributed by atoms with van der Waals surface area (Å²) in [7, 11) is 0. The van der Waals surface area contributed by atoms with E-state index < -0.39 is 0 Å². The van der Waals surface area contributed by atoms with Crippen LogP contribution in [0.2, 0.25) is 0 Å². The lowest BCUT2D eigenvalue weighted by Gasteiger charge is -2.30. The zero-order valence-corrected chi connectivity index (χ0v) is 13.4. The summed E-state index contributed by atoms with van der Waals surface area (Å²) in [6, 6.07) is 5.60. The standard InChI is InChI=1S/C16H20N2O2S/c1-10-4-5-12(11(2)8-10)17-15(20)13-9-21-16(3)7-6-14(19)18(13)16/h4-5,8,13H,6-7,9H2,1-3H3,(H,17,20)/t13-,16+/m0/s1. The zero-order chi connectivity index (χ0) is 15.2.